The second-order valence-corrected chi connectivity index (χ2v) is 4.07. The minimum Gasteiger partial charge on any atom is -0.353 e. The van der Waals surface area contributed by atoms with E-state index in [-0.39, 0.29) is 12.9 Å². The Balaban J connectivity index is 1.84. The minimum absolute atomic E-state index is 0.197. The number of benzene rings is 1. The van der Waals surface area contributed by atoms with Crippen molar-refractivity contribution in [2.75, 3.05) is 13.2 Å². The van der Waals surface area contributed by atoms with E-state index in [2.05, 4.69) is 11.8 Å². The molecule has 2 nitrogen and oxygen atoms in total. The van der Waals surface area contributed by atoms with Gasteiger partial charge < -0.3 is 9.47 Å². The van der Waals surface area contributed by atoms with Gasteiger partial charge in [-0.3, -0.25) is 0 Å². The molecule has 0 spiro atoms. The van der Waals surface area contributed by atoms with Gasteiger partial charge in [0.2, 0.25) is 0 Å². The summed E-state index contributed by atoms with van der Waals surface area (Å²) >= 11 is 0. The lowest BCUT2D eigenvalue weighted by Gasteiger charge is -2.21. The van der Waals surface area contributed by atoms with Crippen LogP contribution in [0.3, 0.4) is 0 Å². The average molecular weight is 252 g/mol. The highest BCUT2D eigenvalue weighted by atomic mass is 19.1. The molecule has 1 aliphatic heterocycles. The summed E-state index contributed by atoms with van der Waals surface area (Å²) in [7, 11) is 0. The fraction of sp³-hybridized carbons (Fsp3) is 0.429. The third-order valence-corrected chi connectivity index (χ3v) is 2.57. The fourth-order valence-corrected chi connectivity index (χ4v) is 1.74. The number of rotatable bonds is 2. The summed E-state index contributed by atoms with van der Waals surface area (Å²) in [6, 6.07) is 3.19. The van der Waals surface area contributed by atoms with Crippen molar-refractivity contribution in [2.24, 2.45) is 0 Å². The summed E-state index contributed by atoms with van der Waals surface area (Å²) in [4.78, 5) is 0. The molecule has 1 aromatic carbocycles. The molecule has 0 saturated carbocycles. The zero-order chi connectivity index (χ0) is 12.8. The second-order valence-electron chi connectivity index (χ2n) is 4.07. The zero-order valence-electron chi connectivity index (χ0n) is 9.92. The van der Waals surface area contributed by atoms with E-state index in [1.165, 1.54) is 12.1 Å². The predicted molar refractivity (Wildman–Crippen MR) is 62.8 cm³/mol. The first-order valence-corrected chi connectivity index (χ1v) is 5.92. The molecular formula is C14H14F2O2. The molecule has 0 bridgehead atoms. The number of ether oxygens (including phenoxy) is 2. The van der Waals surface area contributed by atoms with Gasteiger partial charge >= 0.3 is 0 Å². The first-order chi connectivity index (χ1) is 8.74. The summed E-state index contributed by atoms with van der Waals surface area (Å²) in [5, 5.41) is 0. The van der Waals surface area contributed by atoms with E-state index in [0.717, 1.165) is 25.3 Å². The van der Waals surface area contributed by atoms with Gasteiger partial charge in [-0.05, 0) is 31.4 Å². The number of hydrogen-bond acceptors (Lipinski definition) is 2. The van der Waals surface area contributed by atoms with Crippen LogP contribution in [0.2, 0.25) is 0 Å². The first-order valence-electron chi connectivity index (χ1n) is 5.92. The lowest BCUT2D eigenvalue weighted by atomic mass is 10.2. The highest BCUT2D eigenvalue weighted by molar-refractivity contribution is 5.34. The molecule has 0 amide bonds. The van der Waals surface area contributed by atoms with Crippen molar-refractivity contribution in [2.45, 2.75) is 25.6 Å². The van der Waals surface area contributed by atoms with E-state index in [1.54, 1.807) is 0 Å². The molecule has 0 aliphatic carbocycles. The Kier molecular flexibility index (Phi) is 4.68. The van der Waals surface area contributed by atoms with Crippen molar-refractivity contribution in [3.63, 3.8) is 0 Å². The molecule has 2 rings (SSSR count). The molecule has 1 saturated heterocycles. The van der Waals surface area contributed by atoms with Crippen molar-refractivity contribution in [3.05, 3.63) is 35.4 Å². The Morgan fingerprint density at radius 1 is 1.22 bits per heavy atom. The van der Waals surface area contributed by atoms with Gasteiger partial charge in [0.15, 0.2) is 6.29 Å². The monoisotopic (exact) mass is 252 g/mol. The molecule has 96 valence electrons. The summed E-state index contributed by atoms with van der Waals surface area (Å²) in [5.41, 5.74) is 0.306. The molecule has 1 atom stereocenters. The van der Waals surface area contributed by atoms with Crippen LogP contribution in [0.1, 0.15) is 24.8 Å². The third kappa shape index (κ3) is 4.10. The van der Waals surface area contributed by atoms with E-state index < -0.39 is 11.6 Å². The molecule has 1 aromatic rings. The molecule has 18 heavy (non-hydrogen) atoms. The molecule has 1 unspecified atom stereocenters. The Morgan fingerprint density at radius 2 is 2.00 bits per heavy atom. The number of halogens is 2. The SMILES string of the molecule is Fc1cc(F)cc(C#CCOC2CCCCO2)c1. The van der Waals surface area contributed by atoms with Crippen molar-refractivity contribution in [1.82, 2.24) is 0 Å². The van der Waals surface area contributed by atoms with Crippen LogP contribution in [0.4, 0.5) is 8.78 Å². The van der Waals surface area contributed by atoms with E-state index in [0.29, 0.717) is 12.2 Å². The van der Waals surface area contributed by atoms with Gasteiger partial charge in [0.25, 0.3) is 0 Å². The molecule has 4 heteroatoms. The van der Waals surface area contributed by atoms with Crippen LogP contribution in [0, 0.1) is 23.5 Å². The smallest absolute Gasteiger partial charge is 0.158 e. The van der Waals surface area contributed by atoms with Crippen molar-refractivity contribution in [1.29, 1.82) is 0 Å². The summed E-state index contributed by atoms with van der Waals surface area (Å²) in [6.07, 6.45) is 2.83. The Bertz CT molecular complexity index is 436. The third-order valence-electron chi connectivity index (χ3n) is 2.57. The molecule has 0 N–H and O–H groups in total. The lowest BCUT2D eigenvalue weighted by Crippen LogP contribution is -2.22. The molecule has 1 aliphatic rings. The highest BCUT2D eigenvalue weighted by Crippen LogP contribution is 2.13. The maximum atomic E-state index is 12.9. The fourth-order valence-electron chi connectivity index (χ4n) is 1.74. The van der Waals surface area contributed by atoms with Crippen LogP contribution in [0.15, 0.2) is 18.2 Å². The molecule has 0 radical (unpaired) electrons. The van der Waals surface area contributed by atoms with Crippen LogP contribution in [0.25, 0.3) is 0 Å². The Hall–Kier alpha value is -1.44. The van der Waals surface area contributed by atoms with Gasteiger partial charge in [0, 0.05) is 18.2 Å². The first kappa shape index (κ1) is 13.0. The Morgan fingerprint density at radius 3 is 2.67 bits per heavy atom. The number of hydrogen-bond donors (Lipinski definition) is 0. The van der Waals surface area contributed by atoms with Crippen molar-refractivity contribution in [3.8, 4) is 11.8 Å². The van der Waals surface area contributed by atoms with Gasteiger partial charge in [-0.25, -0.2) is 8.78 Å². The largest absolute Gasteiger partial charge is 0.353 e. The van der Waals surface area contributed by atoms with E-state index in [4.69, 9.17) is 9.47 Å². The lowest BCUT2D eigenvalue weighted by molar-refractivity contribution is -0.154. The summed E-state index contributed by atoms with van der Waals surface area (Å²) < 4.78 is 36.5. The topological polar surface area (TPSA) is 18.5 Å². The van der Waals surface area contributed by atoms with Crippen LogP contribution in [-0.2, 0) is 9.47 Å². The normalized spacial score (nSPS) is 19.1. The summed E-state index contributed by atoms with van der Waals surface area (Å²) in [5.74, 6) is 4.12. The van der Waals surface area contributed by atoms with E-state index in [9.17, 15) is 8.78 Å². The van der Waals surface area contributed by atoms with Crippen LogP contribution in [0.5, 0.6) is 0 Å². The Labute approximate surface area is 105 Å². The maximum absolute atomic E-state index is 12.9. The van der Waals surface area contributed by atoms with E-state index in [1.807, 2.05) is 0 Å². The minimum atomic E-state index is -0.629. The van der Waals surface area contributed by atoms with Gasteiger partial charge in [0.1, 0.15) is 18.2 Å². The van der Waals surface area contributed by atoms with E-state index >= 15 is 0 Å². The molecular weight excluding hydrogens is 238 g/mol. The zero-order valence-corrected chi connectivity index (χ0v) is 9.92. The van der Waals surface area contributed by atoms with Gasteiger partial charge in [-0.2, -0.15) is 0 Å². The van der Waals surface area contributed by atoms with Gasteiger partial charge in [0.05, 0.1) is 0 Å². The molecule has 0 aromatic heterocycles. The maximum Gasteiger partial charge on any atom is 0.158 e. The van der Waals surface area contributed by atoms with Crippen LogP contribution < -0.4 is 0 Å². The average Bonchev–Trinajstić information content (AvgIpc) is 2.35. The standard InChI is InChI=1S/C14H14F2O2/c15-12-8-11(9-13(16)10-12)4-3-7-18-14-5-1-2-6-17-14/h8-10,14H,1-2,5-7H2. The molecule has 1 heterocycles. The van der Waals surface area contributed by atoms with Crippen LogP contribution >= 0.6 is 0 Å². The van der Waals surface area contributed by atoms with Gasteiger partial charge in [-0.1, -0.05) is 11.8 Å². The van der Waals surface area contributed by atoms with Crippen LogP contribution in [-0.4, -0.2) is 19.5 Å². The van der Waals surface area contributed by atoms with Crippen molar-refractivity contribution >= 4 is 0 Å². The molecule has 1 fully saturated rings. The predicted octanol–water partition coefficient (Wildman–Crippen LogP) is 2.86. The van der Waals surface area contributed by atoms with Gasteiger partial charge in [-0.15, -0.1) is 0 Å². The summed E-state index contributed by atoms with van der Waals surface area (Å²) in [6.45, 7) is 0.913. The quantitative estimate of drug-likeness (QED) is 0.753. The highest BCUT2D eigenvalue weighted by Gasteiger charge is 2.12. The second kappa shape index (κ2) is 6.48. The van der Waals surface area contributed by atoms with Crippen molar-refractivity contribution < 1.29 is 18.3 Å².